The molecule has 0 fully saturated rings. The van der Waals surface area contributed by atoms with Crippen LogP contribution < -0.4 is 16.4 Å². The molecule has 96 valence electrons. The molecule has 0 aromatic heterocycles. The van der Waals surface area contributed by atoms with Gasteiger partial charge in [0, 0.05) is 6.04 Å². The van der Waals surface area contributed by atoms with Crippen LogP contribution >= 0.6 is 0 Å². The van der Waals surface area contributed by atoms with E-state index in [-0.39, 0.29) is 24.3 Å². The second-order valence-electron chi connectivity index (χ2n) is 4.47. The number of anilines is 2. The molecule has 0 saturated carbocycles. The van der Waals surface area contributed by atoms with Crippen molar-refractivity contribution in [3.63, 3.8) is 0 Å². The number of hydrogen-bond donors (Lipinski definition) is 3. The molecule has 1 unspecified atom stereocenters. The van der Waals surface area contributed by atoms with Gasteiger partial charge in [-0.1, -0.05) is 19.4 Å². The Hall–Kier alpha value is -1.88. The molecule has 1 aliphatic rings. The van der Waals surface area contributed by atoms with Crippen LogP contribution in [0, 0.1) is 0 Å². The Morgan fingerprint density at radius 1 is 1.22 bits per heavy atom. The van der Waals surface area contributed by atoms with E-state index in [9.17, 15) is 9.59 Å². The zero-order valence-corrected chi connectivity index (χ0v) is 10.3. The Kier molecular flexibility index (Phi) is 3.62. The standard InChI is InChI=1S/C13H17N3O2/c1-2-3-9(14)8-4-5-10-11(6-8)16-13(18)7-12(17)15-10/h4-6,9H,2-3,7,14H2,1H3,(H,15,17)(H,16,18). The summed E-state index contributed by atoms with van der Waals surface area (Å²) in [4.78, 5) is 22.8. The van der Waals surface area contributed by atoms with E-state index in [1.165, 1.54) is 0 Å². The number of benzene rings is 1. The van der Waals surface area contributed by atoms with Crippen LogP contribution in [0.5, 0.6) is 0 Å². The molecule has 18 heavy (non-hydrogen) atoms. The van der Waals surface area contributed by atoms with Crippen LogP contribution in [-0.4, -0.2) is 11.8 Å². The zero-order valence-electron chi connectivity index (χ0n) is 10.3. The summed E-state index contributed by atoms with van der Waals surface area (Å²) in [7, 11) is 0. The summed E-state index contributed by atoms with van der Waals surface area (Å²) in [5, 5.41) is 5.40. The smallest absolute Gasteiger partial charge is 0.233 e. The third-order valence-corrected chi connectivity index (χ3v) is 2.94. The largest absolute Gasteiger partial charge is 0.324 e. The quantitative estimate of drug-likeness (QED) is 0.712. The Labute approximate surface area is 106 Å². The van der Waals surface area contributed by atoms with E-state index in [1.807, 2.05) is 12.1 Å². The molecular formula is C13H17N3O2. The number of amides is 2. The molecule has 0 spiro atoms. The maximum Gasteiger partial charge on any atom is 0.233 e. The van der Waals surface area contributed by atoms with E-state index >= 15 is 0 Å². The van der Waals surface area contributed by atoms with Crippen molar-refractivity contribution in [1.29, 1.82) is 0 Å². The summed E-state index contributed by atoms with van der Waals surface area (Å²) < 4.78 is 0. The van der Waals surface area contributed by atoms with Gasteiger partial charge < -0.3 is 16.4 Å². The topological polar surface area (TPSA) is 84.2 Å². The maximum atomic E-state index is 11.5. The van der Waals surface area contributed by atoms with E-state index in [1.54, 1.807) is 6.07 Å². The van der Waals surface area contributed by atoms with Gasteiger partial charge in [0.1, 0.15) is 6.42 Å². The van der Waals surface area contributed by atoms with Gasteiger partial charge in [-0.3, -0.25) is 9.59 Å². The van der Waals surface area contributed by atoms with Crippen molar-refractivity contribution in [3.8, 4) is 0 Å². The molecule has 5 heteroatoms. The van der Waals surface area contributed by atoms with Crippen molar-refractivity contribution in [2.75, 3.05) is 10.6 Å². The molecule has 2 amide bonds. The lowest BCUT2D eigenvalue weighted by molar-refractivity contribution is -0.123. The van der Waals surface area contributed by atoms with Gasteiger partial charge in [0.2, 0.25) is 11.8 Å². The first kappa shape index (κ1) is 12.6. The van der Waals surface area contributed by atoms with Gasteiger partial charge in [0.25, 0.3) is 0 Å². The van der Waals surface area contributed by atoms with E-state index in [4.69, 9.17) is 5.73 Å². The third kappa shape index (κ3) is 2.68. The van der Waals surface area contributed by atoms with Crippen molar-refractivity contribution in [1.82, 2.24) is 0 Å². The first-order chi connectivity index (χ1) is 8.60. The molecule has 0 aliphatic carbocycles. The van der Waals surface area contributed by atoms with Crippen molar-refractivity contribution in [2.24, 2.45) is 5.73 Å². The molecular weight excluding hydrogens is 230 g/mol. The zero-order chi connectivity index (χ0) is 13.1. The molecule has 0 radical (unpaired) electrons. The number of carbonyl (C=O) groups is 2. The fourth-order valence-corrected chi connectivity index (χ4v) is 2.02. The van der Waals surface area contributed by atoms with Crippen LogP contribution in [-0.2, 0) is 9.59 Å². The number of nitrogens with one attached hydrogen (secondary N) is 2. The number of rotatable bonds is 3. The predicted molar refractivity (Wildman–Crippen MR) is 70.2 cm³/mol. The molecule has 1 heterocycles. The SMILES string of the molecule is CCCC(N)c1ccc2c(c1)NC(=O)CC(=O)N2. The van der Waals surface area contributed by atoms with Crippen molar-refractivity contribution >= 4 is 23.2 Å². The first-order valence-electron chi connectivity index (χ1n) is 6.09. The fourth-order valence-electron chi connectivity index (χ4n) is 2.02. The Bertz CT molecular complexity index is 485. The highest BCUT2D eigenvalue weighted by Gasteiger charge is 2.19. The van der Waals surface area contributed by atoms with Crippen LogP contribution in [0.2, 0.25) is 0 Å². The summed E-state index contributed by atoms with van der Waals surface area (Å²) in [5.74, 6) is -0.593. The minimum Gasteiger partial charge on any atom is -0.324 e. The normalized spacial score (nSPS) is 16.3. The second kappa shape index (κ2) is 5.18. The lowest BCUT2D eigenvalue weighted by Gasteiger charge is -2.14. The predicted octanol–water partition coefficient (Wildman–Crippen LogP) is 1.77. The van der Waals surface area contributed by atoms with Gasteiger partial charge >= 0.3 is 0 Å². The molecule has 1 aliphatic heterocycles. The number of nitrogens with two attached hydrogens (primary N) is 1. The Morgan fingerprint density at radius 3 is 2.56 bits per heavy atom. The van der Waals surface area contributed by atoms with Gasteiger partial charge in [-0.15, -0.1) is 0 Å². The Morgan fingerprint density at radius 2 is 1.89 bits per heavy atom. The van der Waals surface area contributed by atoms with Gasteiger partial charge in [-0.2, -0.15) is 0 Å². The average Bonchev–Trinajstić information content (AvgIpc) is 2.44. The highest BCUT2D eigenvalue weighted by molar-refractivity contribution is 6.13. The highest BCUT2D eigenvalue weighted by Crippen LogP contribution is 2.28. The molecule has 1 aromatic rings. The number of carbonyl (C=O) groups excluding carboxylic acids is 2. The van der Waals surface area contributed by atoms with Crippen molar-refractivity contribution < 1.29 is 9.59 Å². The Balaban J connectivity index is 2.31. The van der Waals surface area contributed by atoms with Crippen LogP contribution in [0.3, 0.4) is 0 Å². The first-order valence-corrected chi connectivity index (χ1v) is 6.09. The molecule has 1 aromatic carbocycles. The van der Waals surface area contributed by atoms with E-state index in [0.717, 1.165) is 18.4 Å². The lowest BCUT2D eigenvalue weighted by Crippen LogP contribution is -2.16. The van der Waals surface area contributed by atoms with Crippen molar-refractivity contribution in [3.05, 3.63) is 23.8 Å². The summed E-state index contributed by atoms with van der Waals surface area (Å²) in [6.45, 7) is 2.07. The summed E-state index contributed by atoms with van der Waals surface area (Å²) in [6, 6.07) is 5.45. The maximum absolute atomic E-state index is 11.5. The molecule has 1 atom stereocenters. The van der Waals surface area contributed by atoms with E-state index in [2.05, 4.69) is 17.6 Å². The van der Waals surface area contributed by atoms with Crippen LogP contribution in [0.25, 0.3) is 0 Å². The minimum atomic E-state index is -0.299. The number of hydrogen-bond acceptors (Lipinski definition) is 3. The minimum absolute atomic E-state index is 0.0452. The lowest BCUT2D eigenvalue weighted by atomic mass is 10.0. The van der Waals surface area contributed by atoms with Gasteiger partial charge in [0.15, 0.2) is 0 Å². The van der Waals surface area contributed by atoms with E-state index < -0.39 is 0 Å². The molecule has 4 N–H and O–H groups in total. The molecule has 0 bridgehead atoms. The third-order valence-electron chi connectivity index (χ3n) is 2.94. The van der Waals surface area contributed by atoms with Crippen LogP contribution in [0.1, 0.15) is 37.8 Å². The molecule has 5 nitrogen and oxygen atoms in total. The van der Waals surface area contributed by atoms with Gasteiger partial charge in [-0.25, -0.2) is 0 Å². The van der Waals surface area contributed by atoms with Gasteiger partial charge in [-0.05, 0) is 24.1 Å². The van der Waals surface area contributed by atoms with Gasteiger partial charge in [0.05, 0.1) is 11.4 Å². The summed E-state index contributed by atoms with van der Waals surface area (Å²) >= 11 is 0. The summed E-state index contributed by atoms with van der Waals surface area (Å²) in [6.07, 6.45) is 1.74. The van der Waals surface area contributed by atoms with Crippen LogP contribution in [0.4, 0.5) is 11.4 Å². The molecule has 2 rings (SSSR count). The number of fused-ring (bicyclic) bond motifs is 1. The van der Waals surface area contributed by atoms with Crippen LogP contribution in [0.15, 0.2) is 18.2 Å². The average molecular weight is 247 g/mol. The molecule has 0 saturated heterocycles. The van der Waals surface area contributed by atoms with Crippen molar-refractivity contribution in [2.45, 2.75) is 32.2 Å². The fraction of sp³-hybridized carbons (Fsp3) is 0.385. The monoisotopic (exact) mass is 247 g/mol. The summed E-state index contributed by atoms with van der Waals surface area (Å²) in [5.41, 5.74) is 8.25. The highest BCUT2D eigenvalue weighted by atomic mass is 16.2. The van der Waals surface area contributed by atoms with E-state index in [0.29, 0.717) is 11.4 Å². The second-order valence-corrected chi connectivity index (χ2v) is 4.47.